The zero-order valence-corrected chi connectivity index (χ0v) is 13.7. The normalized spacial score (nSPS) is 10.6. The third-order valence-electron chi connectivity index (χ3n) is 3.99. The number of phenols is 2. The van der Waals surface area contributed by atoms with Gasteiger partial charge in [0.2, 0.25) is 0 Å². The summed E-state index contributed by atoms with van der Waals surface area (Å²) < 4.78 is 0. The van der Waals surface area contributed by atoms with Crippen LogP contribution in [0.2, 0.25) is 0 Å². The first-order valence-electron chi connectivity index (χ1n) is 8.05. The molecule has 6 nitrogen and oxygen atoms in total. The highest BCUT2D eigenvalue weighted by atomic mass is 16.3. The minimum absolute atomic E-state index is 0.0354. The number of aromatic nitrogens is 3. The Labute approximate surface area is 149 Å². The molecule has 0 spiro atoms. The number of phenolic OH excluding ortho intramolecular Hbond substituents is 2. The first kappa shape index (κ1) is 15.7. The Morgan fingerprint density at radius 1 is 0.808 bits per heavy atom. The van der Waals surface area contributed by atoms with Crippen LogP contribution in [0.25, 0.3) is 22.4 Å². The molecule has 0 amide bonds. The average molecular weight is 344 g/mol. The first-order chi connectivity index (χ1) is 12.7. The summed E-state index contributed by atoms with van der Waals surface area (Å²) in [6.07, 6.45) is 1.72. The van der Waals surface area contributed by atoms with E-state index in [2.05, 4.69) is 20.5 Å². The van der Waals surface area contributed by atoms with E-state index < -0.39 is 0 Å². The number of rotatable bonds is 4. The lowest BCUT2D eigenvalue weighted by Gasteiger charge is -2.06. The van der Waals surface area contributed by atoms with Crippen LogP contribution >= 0.6 is 0 Å². The molecule has 0 unspecified atom stereocenters. The van der Waals surface area contributed by atoms with Gasteiger partial charge >= 0.3 is 0 Å². The van der Waals surface area contributed by atoms with Crippen LogP contribution in [-0.4, -0.2) is 25.4 Å². The number of pyridine rings is 1. The van der Waals surface area contributed by atoms with Crippen molar-refractivity contribution >= 4 is 11.6 Å². The van der Waals surface area contributed by atoms with Crippen molar-refractivity contribution in [1.82, 2.24) is 15.2 Å². The molecule has 2 aromatic carbocycles. The summed E-state index contributed by atoms with van der Waals surface area (Å²) in [4.78, 5) is 4.21. The van der Waals surface area contributed by atoms with Crippen molar-refractivity contribution in [3.05, 3.63) is 72.9 Å². The molecule has 0 saturated carbocycles. The van der Waals surface area contributed by atoms with Gasteiger partial charge in [-0.15, -0.1) is 0 Å². The van der Waals surface area contributed by atoms with Crippen molar-refractivity contribution < 1.29 is 10.2 Å². The maximum Gasteiger partial charge on any atom is 0.153 e. The second-order valence-corrected chi connectivity index (χ2v) is 5.79. The largest absolute Gasteiger partial charge is 0.508 e. The number of hydrogen-bond acceptors (Lipinski definition) is 5. The van der Waals surface area contributed by atoms with E-state index in [1.54, 1.807) is 18.3 Å². The van der Waals surface area contributed by atoms with Gasteiger partial charge in [-0.05, 0) is 35.4 Å². The van der Waals surface area contributed by atoms with Gasteiger partial charge in [-0.3, -0.25) is 5.10 Å². The molecule has 0 aliphatic heterocycles. The van der Waals surface area contributed by atoms with Crippen molar-refractivity contribution in [1.29, 1.82) is 0 Å². The minimum atomic E-state index is 0.0354. The van der Waals surface area contributed by atoms with E-state index in [9.17, 15) is 10.2 Å². The average Bonchev–Trinajstić information content (AvgIpc) is 3.11. The molecule has 26 heavy (non-hydrogen) atoms. The maximum absolute atomic E-state index is 9.98. The molecule has 2 aromatic heterocycles. The number of aromatic hydroxyl groups is 2. The molecular weight excluding hydrogens is 328 g/mol. The molecule has 0 aliphatic rings. The third-order valence-corrected chi connectivity index (χ3v) is 3.99. The second-order valence-electron chi connectivity index (χ2n) is 5.79. The van der Waals surface area contributed by atoms with Gasteiger partial charge in [0.15, 0.2) is 5.82 Å². The minimum Gasteiger partial charge on any atom is -0.508 e. The van der Waals surface area contributed by atoms with Crippen molar-refractivity contribution in [3.63, 3.8) is 0 Å². The van der Waals surface area contributed by atoms with Crippen molar-refractivity contribution in [2.45, 2.75) is 0 Å². The Morgan fingerprint density at radius 2 is 1.62 bits per heavy atom. The Hall–Kier alpha value is -3.80. The predicted molar refractivity (Wildman–Crippen MR) is 100 cm³/mol. The Kier molecular flexibility index (Phi) is 3.99. The van der Waals surface area contributed by atoms with Gasteiger partial charge in [-0.2, -0.15) is 5.10 Å². The van der Waals surface area contributed by atoms with Crippen molar-refractivity contribution in [2.75, 3.05) is 5.32 Å². The molecule has 0 atom stereocenters. The van der Waals surface area contributed by atoms with E-state index in [1.165, 1.54) is 6.07 Å². The lowest BCUT2D eigenvalue weighted by atomic mass is 10.0. The van der Waals surface area contributed by atoms with Crippen LogP contribution in [0.15, 0.2) is 72.9 Å². The molecule has 0 fully saturated rings. The van der Waals surface area contributed by atoms with E-state index in [-0.39, 0.29) is 11.5 Å². The van der Waals surface area contributed by atoms with Crippen LogP contribution in [0.3, 0.4) is 0 Å². The Balaban J connectivity index is 1.56. The maximum atomic E-state index is 9.98. The summed E-state index contributed by atoms with van der Waals surface area (Å²) >= 11 is 0. The monoisotopic (exact) mass is 344 g/mol. The zero-order chi connectivity index (χ0) is 17.9. The van der Waals surface area contributed by atoms with E-state index >= 15 is 0 Å². The first-order valence-corrected chi connectivity index (χ1v) is 8.05. The van der Waals surface area contributed by atoms with Gasteiger partial charge in [-0.25, -0.2) is 4.98 Å². The number of hydrogen-bond donors (Lipinski definition) is 4. The summed E-state index contributed by atoms with van der Waals surface area (Å²) in [6, 6.07) is 19.8. The molecule has 4 aromatic rings. The molecule has 0 aliphatic carbocycles. The zero-order valence-electron chi connectivity index (χ0n) is 13.7. The molecular formula is C20H16N4O2. The highest BCUT2D eigenvalue weighted by Crippen LogP contribution is 2.33. The lowest BCUT2D eigenvalue weighted by Crippen LogP contribution is -1.92. The molecule has 2 heterocycles. The number of anilines is 2. The molecule has 0 radical (unpaired) electrons. The highest BCUT2D eigenvalue weighted by molar-refractivity contribution is 5.74. The Morgan fingerprint density at radius 3 is 2.35 bits per heavy atom. The SMILES string of the molecule is Oc1ccc(-c2ccc(-c3cc(Nc4ccccn4)n[nH]3)cc2)c(O)c1. The van der Waals surface area contributed by atoms with Gasteiger partial charge in [0.1, 0.15) is 17.3 Å². The summed E-state index contributed by atoms with van der Waals surface area (Å²) in [7, 11) is 0. The van der Waals surface area contributed by atoms with Crippen LogP contribution in [-0.2, 0) is 0 Å². The molecule has 4 N–H and O–H groups in total. The molecule has 128 valence electrons. The second kappa shape index (κ2) is 6.60. The smallest absolute Gasteiger partial charge is 0.153 e. The van der Waals surface area contributed by atoms with Crippen molar-refractivity contribution in [2.24, 2.45) is 0 Å². The number of nitrogens with zero attached hydrogens (tertiary/aromatic N) is 2. The van der Waals surface area contributed by atoms with E-state index in [1.807, 2.05) is 48.5 Å². The van der Waals surface area contributed by atoms with Gasteiger partial charge in [0, 0.05) is 23.9 Å². The number of H-pyrrole nitrogens is 1. The van der Waals surface area contributed by atoms with Crippen LogP contribution in [0.5, 0.6) is 11.5 Å². The summed E-state index contributed by atoms with van der Waals surface area (Å²) in [5.41, 5.74) is 3.35. The van der Waals surface area contributed by atoms with E-state index in [4.69, 9.17) is 0 Å². The van der Waals surface area contributed by atoms with Gasteiger partial charge in [0.25, 0.3) is 0 Å². The molecule has 0 bridgehead atoms. The van der Waals surface area contributed by atoms with Gasteiger partial charge < -0.3 is 15.5 Å². The third kappa shape index (κ3) is 3.21. The fourth-order valence-electron chi connectivity index (χ4n) is 2.70. The van der Waals surface area contributed by atoms with Gasteiger partial charge in [0.05, 0.1) is 5.69 Å². The highest BCUT2D eigenvalue weighted by Gasteiger charge is 2.08. The van der Waals surface area contributed by atoms with Crippen molar-refractivity contribution in [3.8, 4) is 33.9 Å². The van der Waals surface area contributed by atoms with Crippen LogP contribution < -0.4 is 5.32 Å². The lowest BCUT2D eigenvalue weighted by molar-refractivity contribution is 0.452. The van der Waals surface area contributed by atoms with E-state index in [0.29, 0.717) is 11.4 Å². The number of aromatic amines is 1. The molecule has 4 rings (SSSR count). The van der Waals surface area contributed by atoms with E-state index in [0.717, 1.165) is 22.6 Å². The molecule has 6 heteroatoms. The van der Waals surface area contributed by atoms with Gasteiger partial charge in [-0.1, -0.05) is 30.3 Å². The fraction of sp³-hybridized carbons (Fsp3) is 0. The predicted octanol–water partition coefficient (Wildman–Crippen LogP) is 4.29. The quantitative estimate of drug-likeness (QED) is 0.443. The fourth-order valence-corrected chi connectivity index (χ4v) is 2.70. The summed E-state index contributed by atoms with van der Waals surface area (Å²) in [6.45, 7) is 0. The number of benzene rings is 2. The van der Waals surface area contributed by atoms with Crippen LogP contribution in [0, 0.1) is 0 Å². The summed E-state index contributed by atoms with van der Waals surface area (Å²) in [5.74, 6) is 1.48. The topological polar surface area (TPSA) is 94.1 Å². The summed E-state index contributed by atoms with van der Waals surface area (Å²) in [5, 5.41) is 29.8. The standard InChI is InChI=1S/C20H16N4O2/c25-15-8-9-16(18(26)11-15)13-4-6-14(7-5-13)17-12-20(24-23-17)22-19-3-1-2-10-21-19/h1-12,25-26H,(H2,21,22,23,24). The van der Waals surface area contributed by atoms with Crippen LogP contribution in [0.4, 0.5) is 11.6 Å². The van der Waals surface area contributed by atoms with Crippen LogP contribution in [0.1, 0.15) is 0 Å². The number of nitrogens with one attached hydrogen (secondary N) is 2. The Bertz CT molecular complexity index is 1030. The molecule has 0 saturated heterocycles.